The maximum Gasteiger partial charge on any atom is 0.245 e. The number of aromatic nitrogens is 1. The Morgan fingerprint density at radius 1 is 1.26 bits per heavy atom. The van der Waals surface area contributed by atoms with E-state index in [2.05, 4.69) is 10.5 Å². The Morgan fingerprint density at radius 3 is 2.83 bits per heavy atom. The molecule has 0 saturated heterocycles. The number of nitrogens with one attached hydrogen (secondary N) is 1. The molecular formula is C17H15N3O2S. The van der Waals surface area contributed by atoms with Crippen LogP contribution in [-0.4, -0.2) is 22.6 Å². The van der Waals surface area contributed by atoms with E-state index in [1.807, 2.05) is 41.8 Å². The van der Waals surface area contributed by atoms with Gasteiger partial charge in [0.25, 0.3) is 0 Å². The molecule has 6 heteroatoms. The lowest BCUT2D eigenvalue weighted by Crippen LogP contribution is -2.19. The zero-order valence-corrected chi connectivity index (χ0v) is 13.3. The Morgan fingerprint density at radius 2 is 2.09 bits per heavy atom. The van der Waals surface area contributed by atoms with Crippen LogP contribution in [-0.2, 0) is 11.2 Å². The number of carbonyl (C=O) groups excluding carboxylic acids is 2. The molecule has 1 N–H and O–H groups in total. The van der Waals surface area contributed by atoms with Crippen molar-refractivity contribution < 1.29 is 9.59 Å². The van der Waals surface area contributed by atoms with Gasteiger partial charge in [-0.05, 0) is 17.5 Å². The van der Waals surface area contributed by atoms with Gasteiger partial charge in [-0.15, -0.1) is 11.3 Å². The number of hydrogen-bond acceptors (Lipinski definition) is 4. The standard InChI is InChI=1S/C17H15N3O2S/c1-12(21)20-11-13(15-6-2-3-7-16(15)20)10-18-19-17(22)9-14-5-4-8-23-14/h2-8,10-11H,9H2,1H3,(H,19,22). The third-order valence-corrected chi connectivity index (χ3v) is 4.27. The van der Waals surface area contributed by atoms with E-state index in [9.17, 15) is 9.59 Å². The van der Waals surface area contributed by atoms with Crippen molar-refractivity contribution in [3.63, 3.8) is 0 Å². The van der Waals surface area contributed by atoms with Crippen molar-refractivity contribution in [1.82, 2.24) is 9.99 Å². The van der Waals surface area contributed by atoms with Crippen molar-refractivity contribution in [2.24, 2.45) is 5.10 Å². The van der Waals surface area contributed by atoms with Gasteiger partial charge in [-0.2, -0.15) is 5.10 Å². The lowest BCUT2D eigenvalue weighted by Gasteiger charge is -1.97. The van der Waals surface area contributed by atoms with Gasteiger partial charge >= 0.3 is 0 Å². The highest BCUT2D eigenvalue weighted by molar-refractivity contribution is 7.10. The van der Waals surface area contributed by atoms with Gasteiger partial charge in [0.05, 0.1) is 18.2 Å². The molecule has 0 aliphatic carbocycles. The maximum atomic E-state index is 11.8. The summed E-state index contributed by atoms with van der Waals surface area (Å²) < 4.78 is 1.57. The van der Waals surface area contributed by atoms with E-state index in [0.717, 1.165) is 21.3 Å². The van der Waals surface area contributed by atoms with Crippen LogP contribution in [0.3, 0.4) is 0 Å². The lowest BCUT2D eigenvalue weighted by molar-refractivity contribution is -0.120. The molecular weight excluding hydrogens is 310 g/mol. The third-order valence-electron chi connectivity index (χ3n) is 3.39. The van der Waals surface area contributed by atoms with Crippen LogP contribution in [0.15, 0.2) is 53.1 Å². The molecule has 0 radical (unpaired) electrons. The molecule has 0 saturated carbocycles. The van der Waals surface area contributed by atoms with Crippen LogP contribution in [0.5, 0.6) is 0 Å². The van der Waals surface area contributed by atoms with E-state index < -0.39 is 0 Å². The van der Waals surface area contributed by atoms with Crippen molar-refractivity contribution in [2.75, 3.05) is 0 Å². The molecule has 2 aromatic heterocycles. The number of benzene rings is 1. The molecule has 23 heavy (non-hydrogen) atoms. The summed E-state index contributed by atoms with van der Waals surface area (Å²) in [5.41, 5.74) is 4.13. The summed E-state index contributed by atoms with van der Waals surface area (Å²) in [6, 6.07) is 11.4. The monoisotopic (exact) mass is 325 g/mol. The smallest absolute Gasteiger partial charge is 0.245 e. The summed E-state index contributed by atoms with van der Waals surface area (Å²) >= 11 is 1.54. The molecule has 0 bridgehead atoms. The van der Waals surface area contributed by atoms with Crippen LogP contribution in [0.25, 0.3) is 10.9 Å². The van der Waals surface area contributed by atoms with Crippen LogP contribution in [0.4, 0.5) is 0 Å². The molecule has 1 aromatic carbocycles. The number of amides is 1. The zero-order valence-electron chi connectivity index (χ0n) is 12.5. The quantitative estimate of drug-likeness (QED) is 0.592. The fourth-order valence-corrected chi connectivity index (χ4v) is 3.06. The predicted molar refractivity (Wildman–Crippen MR) is 92.0 cm³/mol. The molecule has 0 unspecified atom stereocenters. The molecule has 0 aliphatic heterocycles. The van der Waals surface area contributed by atoms with Crippen LogP contribution < -0.4 is 5.43 Å². The van der Waals surface area contributed by atoms with Gasteiger partial charge in [-0.25, -0.2) is 5.43 Å². The normalized spacial score (nSPS) is 11.2. The first-order valence-electron chi connectivity index (χ1n) is 7.10. The van der Waals surface area contributed by atoms with Crippen molar-refractivity contribution in [3.8, 4) is 0 Å². The summed E-state index contributed by atoms with van der Waals surface area (Å²) in [5, 5.41) is 6.85. The minimum absolute atomic E-state index is 0.0671. The van der Waals surface area contributed by atoms with E-state index in [1.165, 1.54) is 18.3 Å². The first-order valence-corrected chi connectivity index (χ1v) is 7.98. The van der Waals surface area contributed by atoms with Crippen molar-refractivity contribution in [3.05, 3.63) is 58.4 Å². The van der Waals surface area contributed by atoms with Gasteiger partial charge in [0.1, 0.15) is 0 Å². The molecule has 0 aliphatic rings. The Labute approximate surface area is 137 Å². The summed E-state index contributed by atoms with van der Waals surface area (Å²) in [4.78, 5) is 24.5. The fraction of sp³-hybridized carbons (Fsp3) is 0.118. The number of rotatable bonds is 4. The second kappa shape index (κ2) is 6.58. The molecule has 0 spiro atoms. The zero-order chi connectivity index (χ0) is 16.2. The number of fused-ring (bicyclic) bond motifs is 1. The number of carbonyl (C=O) groups is 2. The van der Waals surface area contributed by atoms with Gasteiger partial charge in [-0.3, -0.25) is 14.2 Å². The third kappa shape index (κ3) is 3.37. The van der Waals surface area contributed by atoms with Crippen molar-refractivity contribution >= 4 is 40.3 Å². The molecule has 0 fully saturated rings. The van der Waals surface area contributed by atoms with Gasteiger partial charge in [0, 0.05) is 28.9 Å². The topological polar surface area (TPSA) is 63.5 Å². The van der Waals surface area contributed by atoms with E-state index in [-0.39, 0.29) is 11.8 Å². The Kier molecular flexibility index (Phi) is 4.34. The maximum absolute atomic E-state index is 11.8. The molecule has 116 valence electrons. The lowest BCUT2D eigenvalue weighted by atomic mass is 10.2. The van der Waals surface area contributed by atoms with Crippen LogP contribution in [0.2, 0.25) is 0 Å². The molecule has 5 nitrogen and oxygen atoms in total. The average Bonchev–Trinajstić information content (AvgIpc) is 3.15. The van der Waals surface area contributed by atoms with Gasteiger partial charge < -0.3 is 0 Å². The minimum Gasteiger partial charge on any atom is -0.287 e. The van der Waals surface area contributed by atoms with E-state index in [4.69, 9.17) is 0 Å². The van der Waals surface area contributed by atoms with Crippen LogP contribution >= 0.6 is 11.3 Å². The van der Waals surface area contributed by atoms with Gasteiger partial charge in [0.15, 0.2) is 0 Å². The van der Waals surface area contributed by atoms with E-state index >= 15 is 0 Å². The van der Waals surface area contributed by atoms with Crippen molar-refractivity contribution in [1.29, 1.82) is 0 Å². The SMILES string of the molecule is CC(=O)n1cc(C=NNC(=O)Cc2cccs2)c2ccccc21. The highest BCUT2D eigenvalue weighted by Gasteiger charge is 2.09. The predicted octanol–water partition coefficient (Wildman–Crippen LogP) is 3.06. The van der Waals surface area contributed by atoms with Crippen LogP contribution in [0, 0.1) is 0 Å². The highest BCUT2D eigenvalue weighted by Crippen LogP contribution is 2.19. The summed E-state index contributed by atoms with van der Waals surface area (Å²) in [5.74, 6) is -0.235. The second-order valence-electron chi connectivity index (χ2n) is 5.04. The van der Waals surface area contributed by atoms with Gasteiger partial charge in [0.2, 0.25) is 11.8 Å². The fourth-order valence-electron chi connectivity index (χ4n) is 2.35. The van der Waals surface area contributed by atoms with Crippen molar-refractivity contribution in [2.45, 2.75) is 13.3 Å². The average molecular weight is 325 g/mol. The van der Waals surface area contributed by atoms with E-state index in [0.29, 0.717) is 6.42 Å². The van der Waals surface area contributed by atoms with Gasteiger partial charge in [-0.1, -0.05) is 24.3 Å². The number of nitrogens with zero attached hydrogens (tertiary/aromatic N) is 2. The largest absolute Gasteiger partial charge is 0.287 e. The number of thiophene rings is 1. The number of para-hydroxylation sites is 1. The minimum atomic E-state index is -0.168. The number of hydrazone groups is 1. The van der Waals surface area contributed by atoms with E-state index in [1.54, 1.807) is 17.0 Å². The molecule has 3 rings (SSSR count). The molecule has 2 heterocycles. The second-order valence-corrected chi connectivity index (χ2v) is 6.07. The molecule has 3 aromatic rings. The first-order chi connectivity index (χ1) is 11.1. The summed E-state index contributed by atoms with van der Waals surface area (Å²) in [6.07, 6.45) is 3.60. The first kappa shape index (κ1) is 15.2. The Bertz CT molecular complexity index is 879. The summed E-state index contributed by atoms with van der Waals surface area (Å²) in [7, 11) is 0. The number of hydrogen-bond donors (Lipinski definition) is 1. The summed E-state index contributed by atoms with van der Waals surface area (Å²) in [6.45, 7) is 1.51. The Hall–Kier alpha value is -2.73. The molecule has 1 amide bonds. The van der Waals surface area contributed by atoms with Crippen LogP contribution in [0.1, 0.15) is 22.2 Å². The molecule has 0 atom stereocenters. The Balaban J connectivity index is 1.76. The highest BCUT2D eigenvalue weighted by atomic mass is 32.1.